The molecule has 3 aromatic rings. The Bertz CT molecular complexity index is 1580. The van der Waals surface area contributed by atoms with Gasteiger partial charge in [0.2, 0.25) is 11.8 Å². The number of fused-ring (bicyclic) bond motifs is 1. The third-order valence-corrected chi connectivity index (χ3v) is 7.66. The Labute approximate surface area is 250 Å². The van der Waals surface area contributed by atoms with E-state index in [0.717, 1.165) is 36.8 Å². The molecule has 5 rings (SSSR count). The quantitative estimate of drug-likeness (QED) is 0.332. The molecule has 2 aliphatic heterocycles. The Morgan fingerprint density at radius 3 is 2.28 bits per heavy atom. The zero-order valence-electron chi connectivity index (χ0n) is 24.7. The fraction of sp³-hybridized carbons (Fsp3) is 0.281. The lowest BCUT2D eigenvalue weighted by Gasteiger charge is -2.32. The number of esters is 1. The maximum Gasteiger partial charge on any atom is 0.339 e. The van der Waals surface area contributed by atoms with Gasteiger partial charge in [-0.3, -0.25) is 24.3 Å². The van der Waals surface area contributed by atoms with Crippen LogP contribution in [0.4, 0.5) is 17.1 Å². The number of imide groups is 1. The number of pyridine rings is 1. The molecule has 0 bridgehead atoms. The Hall–Kier alpha value is -4.87. The molecule has 0 aliphatic carbocycles. The summed E-state index contributed by atoms with van der Waals surface area (Å²) in [5.41, 5.74) is 3.34. The molecule has 11 nitrogen and oxygen atoms in total. The predicted octanol–water partition coefficient (Wildman–Crippen LogP) is 2.95. The SMILES string of the molecule is COC(=O)c1cnc2c(c1)N(C(C)=O)C(=O)/C2=C(\Nc1ccc(N(C)C(=O)CN2CCN(C)CC2)cc1)c1ccccc1. The molecule has 222 valence electrons. The minimum absolute atomic E-state index is 0.00670. The molecular weight excluding hydrogens is 548 g/mol. The van der Waals surface area contributed by atoms with E-state index in [1.165, 1.54) is 26.3 Å². The smallest absolute Gasteiger partial charge is 0.339 e. The summed E-state index contributed by atoms with van der Waals surface area (Å²) in [6.45, 7) is 5.24. The van der Waals surface area contributed by atoms with Crippen molar-refractivity contribution in [1.82, 2.24) is 14.8 Å². The molecule has 0 atom stereocenters. The van der Waals surface area contributed by atoms with Gasteiger partial charge in [-0.25, -0.2) is 9.69 Å². The van der Waals surface area contributed by atoms with Crippen LogP contribution in [0.25, 0.3) is 11.3 Å². The van der Waals surface area contributed by atoms with Crippen LogP contribution in [0.2, 0.25) is 0 Å². The molecule has 11 heteroatoms. The van der Waals surface area contributed by atoms with Gasteiger partial charge in [-0.15, -0.1) is 0 Å². The number of amides is 3. The first-order chi connectivity index (χ1) is 20.7. The van der Waals surface area contributed by atoms with Crippen molar-refractivity contribution in [2.24, 2.45) is 0 Å². The zero-order chi connectivity index (χ0) is 30.7. The van der Waals surface area contributed by atoms with Gasteiger partial charge in [0.1, 0.15) is 5.69 Å². The summed E-state index contributed by atoms with van der Waals surface area (Å²) < 4.78 is 4.80. The number of hydrogen-bond donors (Lipinski definition) is 1. The van der Waals surface area contributed by atoms with Crippen molar-refractivity contribution < 1.29 is 23.9 Å². The highest BCUT2D eigenvalue weighted by atomic mass is 16.5. The summed E-state index contributed by atoms with van der Waals surface area (Å²) in [5, 5.41) is 3.35. The normalized spacial score (nSPS) is 16.5. The summed E-state index contributed by atoms with van der Waals surface area (Å²) in [7, 11) is 5.09. The lowest BCUT2D eigenvalue weighted by Crippen LogP contribution is -2.48. The summed E-state index contributed by atoms with van der Waals surface area (Å²) >= 11 is 0. The monoisotopic (exact) mass is 582 g/mol. The van der Waals surface area contributed by atoms with Gasteiger partial charge in [-0.2, -0.15) is 0 Å². The number of hydrogen-bond acceptors (Lipinski definition) is 9. The fourth-order valence-corrected chi connectivity index (χ4v) is 5.15. The molecule has 0 unspecified atom stereocenters. The topological polar surface area (TPSA) is 115 Å². The van der Waals surface area contributed by atoms with E-state index in [1.807, 2.05) is 54.6 Å². The van der Waals surface area contributed by atoms with Crippen LogP contribution in [-0.4, -0.2) is 92.4 Å². The molecule has 0 saturated carbocycles. The van der Waals surface area contributed by atoms with Gasteiger partial charge in [0.15, 0.2) is 0 Å². The van der Waals surface area contributed by atoms with E-state index in [4.69, 9.17) is 4.74 Å². The number of nitrogens with zero attached hydrogens (tertiary/aromatic N) is 5. The number of ether oxygens (including phenoxy) is 1. The highest BCUT2D eigenvalue weighted by molar-refractivity contribution is 6.43. The zero-order valence-corrected chi connectivity index (χ0v) is 24.7. The molecule has 3 amide bonds. The van der Waals surface area contributed by atoms with Crippen LogP contribution in [0.1, 0.15) is 28.5 Å². The van der Waals surface area contributed by atoms with Crippen molar-refractivity contribution in [2.75, 3.05) is 69.0 Å². The molecule has 1 fully saturated rings. The highest BCUT2D eigenvalue weighted by Gasteiger charge is 2.39. The molecule has 0 radical (unpaired) electrons. The van der Waals surface area contributed by atoms with Crippen LogP contribution in [0.5, 0.6) is 0 Å². The van der Waals surface area contributed by atoms with Gasteiger partial charge in [0.25, 0.3) is 5.91 Å². The van der Waals surface area contributed by atoms with Gasteiger partial charge in [-0.1, -0.05) is 30.3 Å². The van der Waals surface area contributed by atoms with E-state index < -0.39 is 17.8 Å². The van der Waals surface area contributed by atoms with Crippen LogP contribution in [-0.2, 0) is 19.1 Å². The van der Waals surface area contributed by atoms with Crippen LogP contribution in [0.15, 0.2) is 66.9 Å². The van der Waals surface area contributed by atoms with Gasteiger partial charge in [0, 0.05) is 57.7 Å². The van der Waals surface area contributed by atoms with Crippen LogP contribution < -0.4 is 15.1 Å². The fourth-order valence-electron chi connectivity index (χ4n) is 5.15. The molecule has 43 heavy (non-hydrogen) atoms. The Morgan fingerprint density at radius 1 is 0.977 bits per heavy atom. The third-order valence-electron chi connectivity index (χ3n) is 7.66. The Balaban J connectivity index is 1.47. The van der Waals surface area contributed by atoms with Crippen molar-refractivity contribution in [3.63, 3.8) is 0 Å². The van der Waals surface area contributed by atoms with Crippen molar-refractivity contribution in [1.29, 1.82) is 0 Å². The molecule has 0 spiro atoms. The Kier molecular flexibility index (Phi) is 8.65. The van der Waals surface area contributed by atoms with Gasteiger partial charge >= 0.3 is 5.97 Å². The summed E-state index contributed by atoms with van der Waals surface area (Å²) in [5.74, 6) is -1.69. The largest absolute Gasteiger partial charge is 0.465 e. The lowest BCUT2D eigenvalue weighted by atomic mass is 10.0. The first-order valence-electron chi connectivity index (χ1n) is 14.0. The van der Waals surface area contributed by atoms with Gasteiger partial charge in [0.05, 0.1) is 36.2 Å². The van der Waals surface area contributed by atoms with Crippen LogP contribution in [0.3, 0.4) is 0 Å². The maximum atomic E-state index is 13.8. The molecule has 2 aromatic carbocycles. The minimum atomic E-state index is -0.628. The van der Waals surface area contributed by atoms with E-state index >= 15 is 0 Å². The van der Waals surface area contributed by atoms with Crippen molar-refractivity contribution in [3.05, 3.63) is 83.7 Å². The summed E-state index contributed by atoms with van der Waals surface area (Å²) in [6, 6.07) is 18.0. The van der Waals surface area contributed by atoms with E-state index in [0.29, 0.717) is 23.5 Å². The Morgan fingerprint density at radius 2 is 1.65 bits per heavy atom. The number of anilines is 3. The number of nitrogens with one attached hydrogen (secondary N) is 1. The van der Waals surface area contributed by atoms with E-state index in [9.17, 15) is 19.2 Å². The number of aromatic nitrogens is 1. The average Bonchev–Trinajstić information content (AvgIpc) is 3.31. The standard InChI is InChI=1S/C32H34N6O5/c1-21(39)38-26-18-23(32(42)43-4)19-33-30(26)28(31(38)41)29(22-8-6-5-7-9-22)34-24-10-12-25(13-11-24)36(3)27(40)20-37-16-14-35(2)15-17-37/h5-13,18-19,34H,14-17,20H2,1-4H3/b29-28-. The highest BCUT2D eigenvalue weighted by Crippen LogP contribution is 2.40. The number of likely N-dealkylation sites (N-methyl/N-ethyl adjacent to an activating group) is 2. The second-order valence-corrected chi connectivity index (χ2v) is 10.6. The number of piperazine rings is 1. The van der Waals surface area contributed by atoms with Crippen molar-refractivity contribution >= 4 is 52.0 Å². The number of rotatable bonds is 7. The maximum absolute atomic E-state index is 13.8. The van der Waals surface area contributed by atoms with Crippen molar-refractivity contribution in [3.8, 4) is 0 Å². The first kappa shape index (κ1) is 29.6. The minimum Gasteiger partial charge on any atom is -0.465 e. The van der Waals surface area contributed by atoms with Crippen LogP contribution in [0, 0.1) is 0 Å². The molecule has 1 aromatic heterocycles. The first-order valence-corrected chi connectivity index (χ1v) is 14.0. The number of carbonyl (C=O) groups excluding carboxylic acids is 4. The number of benzene rings is 2. The molecular formula is C32H34N6O5. The molecule has 3 heterocycles. The molecule has 2 aliphatic rings. The lowest BCUT2D eigenvalue weighted by molar-refractivity contribution is -0.122. The third kappa shape index (κ3) is 6.18. The number of carbonyl (C=O) groups is 4. The van der Waals surface area contributed by atoms with E-state index in [2.05, 4.69) is 27.1 Å². The second-order valence-electron chi connectivity index (χ2n) is 10.6. The van der Waals surface area contributed by atoms with E-state index in [-0.39, 0.29) is 28.4 Å². The summed E-state index contributed by atoms with van der Waals surface area (Å²) in [6.07, 6.45) is 1.33. The van der Waals surface area contributed by atoms with Gasteiger partial charge < -0.3 is 19.9 Å². The molecule has 1 saturated heterocycles. The van der Waals surface area contributed by atoms with Crippen molar-refractivity contribution in [2.45, 2.75) is 6.92 Å². The number of methoxy groups -OCH3 is 1. The average molecular weight is 583 g/mol. The van der Waals surface area contributed by atoms with Gasteiger partial charge in [-0.05, 0) is 42.9 Å². The van der Waals surface area contributed by atoms with Crippen LogP contribution >= 0.6 is 0 Å². The molecule has 1 N–H and O–H groups in total. The summed E-state index contributed by atoms with van der Waals surface area (Å²) in [4.78, 5) is 63.0. The second kappa shape index (κ2) is 12.6. The predicted molar refractivity (Wildman–Crippen MR) is 164 cm³/mol. The van der Waals surface area contributed by atoms with E-state index in [1.54, 1.807) is 11.9 Å².